The van der Waals surface area contributed by atoms with E-state index in [2.05, 4.69) is 15.0 Å². The minimum atomic E-state index is -0.441. The Kier molecular flexibility index (Phi) is 3.37. The van der Waals surface area contributed by atoms with Crippen LogP contribution in [0.2, 0.25) is 0 Å². The number of hydrogen-bond acceptors (Lipinski definition) is 8. The zero-order valence-electron chi connectivity index (χ0n) is 12.2. The Morgan fingerprint density at radius 3 is 2.48 bits per heavy atom. The van der Waals surface area contributed by atoms with Gasteiger partial charge in [0.05, 0.1) is 22.2 Å². The van der Waals surface area contributed by atoms with Gasteiger partial charge in [-0.1, -0.05) is 0 Å². The second kappa shape index (κ2) is 5.37. The average molecular weight is 311 g/mol. The van der Waals surface area contributed by atoms with E-state index in [1.807, 2.05) is 11.9 Å². The number of non-ortho nitro benzene ring substituents is 1. The Hall–Kier alpha value is -3.49. The molecular formula is C14H13N7O2. The van der Waals surface area contributed by atoms with Crippen molar-refractivity contribution < 1.29 is 4.92 Å². The number of anilines is 4. The fraction of sp³-hybridized carbons (Fsp3) is 0.0714. The molecule has 1 aromatic carbocycles. The fourth-order valence-electron chi connectivity index (χ4n) is 2.17. The van der Waals surface area contributed by atoms with Crippen molar-refractivity contribution in [2.45, 2.75) is 0 Å². The van der Waals surface area contributed by atoms with Crippen LogP contribution in [0, 0.1) is 10.1 Å². The van der Waals surface area contributed by atoms with Gasteiger partial charge < -0.3 is 16.4 Å². The van der Waals surface area contributed by atoms with Crippen LogP contribution in [0.4, 0.5) is 28.8 Å². The molecule has 0 fully saturated rings. The van der Waals surface area contributed by atoms with Gasteiger partial charge >= 0.3 is 0 Å². The molecule has 3 aromatic rings. The molecule has 0 bridgehead atoms. The summed E-state index contributed by atoms with van der Waals surface area (Å²) >= 11 is 0. The molecule has 0 unspecified atom stereocenters. The van der Waals surface area contributed by atoms with Crippen molar-refractivity contribution in [3.8, 4) is 0 Å². The zero-order chi connectivity index (χ0) is 16.6. The Labute approximate surface area is 130 Å². The van der Waals surface area contributed by atoms with Crippen molar-refractivity contribution in [3.63, 3.8) is 0 Å². The summed E-state index contributed by atoms with van der Waals surface area (Å²) < 4.78 is 0. The van der Waals surface area contributed by atoms with E-state index in [1.165, 1.54) is 12.1 Å². The molecule has 0 aliphatic rings. The minimum Gasteiger partial charge on any atom is -0.383 e. The minimum absolute atomic E-state index is 0.0342. The Morgan fingerprint density at radius 1 is 1.13 bits per heavy atom. The summed E-state index contributed by atoms with van der Waals surface area (Å²) in [4.78, 5) is 24.3. The van der Waals surface area contributed by atoms with Crippen molar-refractivity contribution in [1.29, 1.82) is 0 Å². The lowest BCUT2D eigenvalue weighted by atomic mass is 10.2. The van der Waals surface area contributed by atoms with Gasteiger partial charge in [0.15, 0.2) is 5.65 Å². The molecule has 2 heterocycles. The fourth-order valence-corrected chi connectivity index (χ4v) is 2.17. The van der Waals surface area contributed by atoms with Gasteiger partial charge in [0.25, 0.3) is 5.69 Å². The summed E-state index contributed by atoms with van der Waals surface area (Å²) in [6.45, 7) is 0. The highest BCUT2D eigenvalue weighted by molar-refractivity contribution is 5.89. The highest BCUT2D eigenvalue weighted by Crippen LogP contribution is 2.28. The molecule has 0 radical (unpaired) electrons. The average Bonchev–Trinajstić information content (AvgIpc) is 2.54. The number of pyridine rings is 1. The number of nitrogens with zero attached hydrogens (tertiary/aromatic N) is 5. The molecule has 2 aromatic heterocycles. The molecule has 9 nitrogen and oxygen atoms in total. The second-order valence-electron chi connectivity index (χ2n) is 4.86. The van der Waals surface area contributed by atoms with E-state index in [1.54, 1.807) is 24.4 Å². The Bertz CT molecular complexity index is 896. The van der Waals surface area contributed by atoms with Gasteiger partial charge in [0, 0.05) is 24.9 Å². The first kappa shape index (κ1) is 14.4. The van der Waals surface area contributed by atoms with E-state index in [0.717, 1.165) is 11.4 Å². The summed E-state index contributed by atoms with van der Waals surface area (Å²) in [5, 5.41) is 11.3. The highest BCUT2D eigenvalue weighted by Gasteiger charge is 2.11. The van der Waals surface area contributed by atoms with Crippen LogP contribution in [-0.4, -0.2) is 26.9 Å². The van der Waals surface area contributed by atoms with Gasteiger partial charge in [-0.2, -0.15) is 9.97 Å². The van der Waals surface area contributed by atoms with Crippen molar-refractivity contribution in [3.05, 3.63) is 46.6 Å². The number of benzene rings is 1. The largest absolute Gasteiger partial charge is 0.383 e. The van der Waals surface area contributed by atoms with Crippen LogP contribution in [0.3, 0.4) is 0 Å². The van der Waals surface area contributed by atoms with E-state index in [-0.39, 0.29) is 17.5 Å². The standard InChI is InChI=1S/C14H13N7O2/c1-20(8-2-4-9(5-3-8)21(22)23)10-6-11-12(15)18-14(16)19-13(11)17-7-10/h2-7H,1H3,(H4,15,16,17,18,19). The molecule has 23 heavy (non-hydrogen) atoms. The molecule has 0 aliphatic heterocycles. The number of nitro benzene ring substituents is 1. The molecule has 0 aliphatic carbocycles. The van der Waals surface area contributed by atoms with Crippen molar-refractivity contribution in [2.75, 3.05) is 23.4 Å². The SMILES string of the molecule is CN(c1ccc([N+](=O)[O-])cc1)c1cnc2nc(N)nc(N)c2c1. The maximum atomic E-state index is 10.7. The van der Waals surface area contributed by atoms with E-state index in [9.17, 15) is 10.1 Å². The quantitative estimate of drug-likeness (QED) is 0.552. The second-order valence-corrected chi connectivity index (χ2v) is 4.86. The molecule has 0 spiro atoms. The molecule has 0 atom stereocenters. The van der Waals surface area contributed by atoms with Crippen LogP contribution >= 0.6 is 0 Å². The van der Waals surface area contributed by atoms with Gasteiger partial charge in [-0.15, -0.1) is 0 Å². The first-order valence-electron chi connectivity index (χ1n) is 6.62. The molecule has 3 rings (SSSR count). The van der Waals surface area contributed by atoms with Gasteiger partial charge in [-0.25, -0.2) is 4.98 Å². The van der Waals surface area contributed by atoms with E-state index in [4.69, 9.17) is 11.5 Å². The smallest absolute Gasteiger partial charge is 0.269 e. The van der Waals surface area contributed by atoms with Crippen LogP contribution in [-0.2, 0) is 0 Å². The van der Waals surface area contributed by atoms with Crippen LogP contribution in [0.25, 0.3) is 11.0 Å². The number of rotatable bonds is 3. The van der Waals surface area contributed by atoms with Gasteiger partial charge in [0.2, 0.25) is 5.95 Å². The zero-order valence-corrected chi connectivity index (χ0v) is 12.2. The number of fused-ring (bicyclic) bond motifs is 1. The summed E-state index contributed by atoms with van der Waals surface area (Å²) in [5.41, 5.74) is 13.4. The third-order valence-electron chi connectivity index (χ3n) is 3.42. The van der Waals surface area contributed by atoms with Crippen molar-refractivity contribution in [1.82, 2.24) is 15.0 Å². The molecule has 4 N–H and O–H groups in total. The monoisotopic (exact) mass is 311 g/mol. The molecule has 0 saturated carbocycles. The van der Waals surface area contributed by atoms with Gasteiger partial charge in [0.1, 0.15) is 5.82 Å². The number of aromatic nitrogens is 3. The molecule has 0 amide bonds. The summed E-state index contributed by atoms with van der Waals surface area (Å²) in [6.07, 6.45) is 1.62. The maximum absolute atomic E-state index is 10.7. The van der Waals surface area contributed by atoms with E-state index in [0.29, 0.717) is 11.0 Å². The van der Waals surface area contributed by atoms with Crippen molar-refractivity contribution in [2.24, 2.45) is 0 Å². The lowest BCUT2D eigenvalue weighted by Crippen LogP contribution is -2.10. The Balaban J connectivity index is 2.00. The first-order chi connectivity index (χ1) is 11.0. The lowest BCUT2D eigenvalue weighted by molar-refractivity contribution is -0.384. The molecule has 116 valence electrons. The van der Waals surface area contributed by atoms with Gasteiger partial charge in [-0.05, 0) is 18.2 Å². The summed E-state index contributed by atoms with van der Waals surface area (Å²) in [5.74, 6) is 0.318. The topological polar surface area (TPSA) is 137 Å². The maximum Gasteiger partial charge on any atom is 0.269 e. The number of nitrogen functional groups attached to an aromatic ring is 2. The predicted molar refractivity (Wildman–Crippen MR) is 87.3 cm³/mol. The normalized spacial score (nSPS) is 10.7. The predicted octanol–water partition coefficient (Wildman–Crippen LogP) is 1.87. The number of nitrogens with two attached hydrogens (primary N) is 2. The molecule has 0 saturated heterocycles. The van der Waals surface area contributed by atoms with Crippen molar-refractivity contribution >= 4 is 39.9 Å². The first-order valence-corrected chi connectivity index (χ1v) is 6.62. The van der Waals surface area contributed by atoms with Crippen LogP contribution in [0.1, 0.15) is 0 Å². The highest BCUT2D eigenvalue weighted by atomic mass is 16.6. The Morgan fingerprint density at radius 2 is 1.83 bits per heavy atom. The lowest BCUT2D eigenvalue weighted by Gasteiger charge is -2.19. The number of hydrogen-bond donors (Lipinski definition) is 2. The van der Waals surface area contributed by atoms with Crippen LogP contribution in [0.5, 0.6) is 0 Å². The van der Waals surface area contributed by atoms with Crippen LogP contribution < -0.4 is 16.4 Å². The van der Waals surface area contributed by atoms with E-state index < -0.39 is 4.92 Å². The summed E-state index contributed by atoms with van der Waals surface area (Å²) in [7, 11) is 1.82. The third-order valence-corrected chi connectivity index (χ3v) is 3.42. The third kappa shape index (κ3) is 2.67. The summed E-state index contributed by atoms with van der Waals surface area (Å²) in [6, 6.07) is 7.99. The number of nitro groups is 1. The van der Waals surface area contributed by atoms with Gasteiger partial charge in [-0.3, -0.25) is 10.1 Å². The molecule has 9 heteroatoms. The van der Waals surface area contributed by atoms with E-state index >= 15 is 0 Å². The molecular weight excluding hydrogens is 298 g/mol. The van der Waals surface area contributed by atoms with Crippen LogP contribution in [0.15, 0.2) is 36.5 Å².